The Balaban J connectivity index is 1.85. The molecule has 11 heteroatoms. The first-order chi connectivity index (χ1) is 16.2. The normalized spacial score (nSPS) is 19.0. The fourth-order valence-electron chi connectivity index (χ4n) is 3.83. The van der Waals surface area contributed by atoms with Crippen LogP contribution < -0.4 is 5.32 Å². The number of Topliss-reactive ketones (excluding diaryl/α,β-unsaturated/α-hetero) is 1. The largest absolute Gasteiger partial charge is 0.481 e. The van der Waals surface area contributed by atoms with Crippen molar-refractivity contribution < 1.29 is 29.4 Å². The smallest absolute Gasteiger partial charge is 0.327 e. The molecule has 0 radical (unpaired) electrons. The predicted molar refractivity (Wildman–Crippen MR) is 133 cm³/mol. The lowest BCUT2D eigenvalue weighted by Gasteiger charge is -2.37. The van der Waals surface area contributed by atoms with Crippen LogP contribution in [0, 0.1) is 5.92 Å². The van der Waals surface area contributed by atoms with Crippen LogP contribution in [-0.4, -0.2) is 62.3 Å². The van der Waals surface area contributed by atoms with Crippen molar-refractivity contribution in [2.24, 2.45) is 5.92 Å². The number of carbonyl (C=O) groups excluding carboxylic acids is 2. The third-order valence-corrected chi connectivity index (χ3v) is 8.85. The minimum Gasteiger partial charge on any atom is -0.481 e. The molecule has 1 unspecified atom stereocenters. The highest BCUT2D eigenvalue weighted by molar-refractivity contribution is 8.77. The Labute approximate surface area is 210 Å². The summed E-state index contributed by atoms with van der Waals surface area (Å²) in [5.41, 5.74) is 1.89. The summed E-state index contributed by atoms with van der Waals surface area (Å²) in [6.07, 6.45) is 1.93. The first kappa shape index (κ1) is 26.4. The Bertz CT molecular complexity index is 997. The number of halogens is 1. The number of hydrogen-bond donors (Lipinski definition) is 3. The van der Waals surface area contributed by atoms with Crippen molar-refractivity contribution in [1.29, 1.82) is 0 Å². The average molecular weight is 527 g/mol. The summed E-state index contributed by atoms with van der Waals surface area (Å²) < 4.78 is 0. The number of nitrogens with zero attached hydrogens (tertiary/aromatic N) is 1. The maximum absolute atomic E-state index is 13.3. The second-order valence-corrected chi connectivity index (χ2v) is 11.4. The van der Waals surface area contributed by atoms with Gasteiger partial charge in [0.25, 0.3) is 0 Å². The van der Waals surface area contributed by atoms with Crippen molar-refractivity contribution in [1.82, 2.24) is 10.2 Å². The van der Waals surface area contributed by atoms with Gasteiger partial charge < -0.3 is 20.4 Å². The quantitative estimate of drug-likeness (QED) is 0.350. The minimum absolute atomic E-state index is 0.0275. The van der Waals surface area contributed by atoms with Gasteiger partial charge in [0.1, 0.15) is 6.04 Å². The van der Waals surface area contributed by atoms with Crippen LogP contribution >= 0.6 is 33.2 Å². The molecular weight excluding hydrogens is 500 g/mol. The molecule has 1 aromatic rings. The van der Waals surface area contributed by atoms with Crippen LogP contribution in [0.1, 0.15) is 38.2 Å². The van der Waals surface area contributed by atoms with E-state index in [4.69, 9.17) is 11.6 Å². The van der Waals surface area contributed by atoms with Gasteiger partial charge in [0.2, 0.25) is 5.91 Å². The summed E-state index contributed by atoms with van der Waals surface area (Å²) in [5, 5.41) is 21.7. The first-order valence-corrected chi connectivity index (χ1v) is 13.7. The summed E-state index contributed by atoms with van der Waals surface area (Å²) in [6, 6.07) is 6.34. The molecule has 1 aliphatic heterocycles. The van der Waals surface area contributed by atoms with Crippen LogP contribution in [0.25, 0.3) is 0 Å². The number of hydrogen-bond acceptors (Lipinski definition) is 7. The SMILES string of the molecule is CC(=O)N[C@@H](CSSC1CCN(Cc2ccccc2Cl)C(C(=O)C2CC2)=C1CC(=O)O)C(=O)O. The van der Waals surface area contributed by atoms with Crippen molar-refractivity contribution in [3.63, 3.8) is 0 Å². The van der Waals surface area contributed by atoms with Crippen molar-refractivity contribution in [2.75, 3.05) is 12.3 Å². The summed E-state index contributed by atoms with van der Waals surface area (Å²) in [5.74, 6) is -2.59. The number of carbonyl (C=O) groups is 4. The molecule has 0 aromatic heterocycles. The molecule has 1 fully saturated rings. The minimum atomic E-state index is -1.14. The van der Waals surface area contributed by atoms with Gasteiger partial charge >= 0.3 is 11.9 Å². The van der Waals surface area contributed by atoms with Gasteiger partial charge in [-0.2, -0.15) is 0 Å². The average Bonchev–Trinajstić information content (AvgIpc) is 3.60. The van der Waals surface area contributed by atoms with Crippen molar-refractivity contribution in [3.8, 4) is 0 Å². The molecule has 1 saturated carbocycles. The van der Waals surface area contributed by atoms with E-state index in [1.54, 1.807) is 6.07 Å². The zero-order chi connectivity index (χ0) is 24.8. The Kier molecular flexibility index (Phi) is 9.32. The van der Waals surface area contributed by atoms with E-state index < -0.39 is 23.9 Å². The number of aliphatic carboxylic acids is 2. The lowest BCUT2D eigenvalue weighted by Crippen LogP contribution is -2.41. The van der Waals surface area contributed by atoms with Crippen LogP contribution in [-0.2, 0) is 25.7 Å². The van der Waals surface area contributed by atoms with Crippen molar-refractivity contribution in [3.05, 3.63) is 46.1 Å². The van der Waals surface area contributed by atoms with E-state index in [9.17, 15) is 29.4 Å². The second-order valence-electron chi connectivity index (χ2n) is 8.35. The summed E-state index contributed by atoms with van der Waals surface area (Å²) >= 11 is 6.35. The highest BCUT2D eigenvalue weighted by atomic mass is 35.5. The van der Waals surface area contributed by atoms with E-state index >= 15 is 0 Å². The first-order valence-electron chi connectivity index (χ1n) is 10.9. The van der Waals surface area contributed by atoms with Crippen LogP contribution in [0.15, 0.2) is 35.5 Å². The maximum Gasteiger partial charge on any atom is 0.327 e. The third kappa shape index (κ3) is 7.16. The Morgan fingerprint density at radius 2 is 1.88 bits per heavy atom. The Morgan fingerprint density at radius 3 is 2.47 bits per heavy atom. The highest BCUT2D eigenvalue weighted by Gasteiger charge is 2.40. The molecule has 184 valence electrons. The molecule has 2 aliphatic rings. The number of carboxylic acids is 2. The van der Waals surface area contributed by atoms with E-state index in [2.05, 4.69) is 5.32 Å². The van der Waals surface area contributed by atoms with Crippen molar-refractivity contribution in [2.45, 2.75) is 50.4 Å². The van der Waals surface area contributed by atoms with Gasteiger partial charge in [0.05, 0.1) is 12.1 Å². The maximum atomic E-state index is 13.3. The van der Waals surface area contributed by atoms with Gasteiger partial charge in [-0.25, -0.2) is 4.79 Å². The summed E-state index contributed by atoms with van der Waals surface area (Å²) in [4.78, 5) is 49.7. The molecule has 8 nitrogen and oxygen atoms in total. The van der Waals surface area contributed by atoms with Gasteiger partial charge in [-0.05, 0) is 36.5 Å². The molecular formula is C23H27ClN2O6S2. The zero-order valence-corrected chi connectivity index (χ0v) is 21.0. The number of ketones is 1. The topological polar surface area (TPSA) is 124 Å². The summed E-state index contributed by atoms with van der Waals surface area (Å²) in [6.45, 7) is 2.21. The molecule has 1 aromatic carbocycles. The lowest BCUT2D eigenvalue weighted by molar-refractivity contribution is -0.140. The van der Waals surface area contributed by atoms with Gasteiger partial charge in [-0.15, -0.1) is 0 Å². The lowest BCUT2D eigenvalue weighted by atomic mass is 9.94. The van der Waals surface area contributed by atoms with Gasteiger partial charge in [0, 0.05) is 42.0 Å². The Morgan fingerprint density at radius 1 is 1.18 bits per heavy atom. The molecule has 34 heavy (non-hydrogen) atoms. The highest BCUT2D eigenvalue weighted by Crippen LogP contribution is 2.43. The summed E-state index contributed by atoms with van der Waals surface area (Å²) in [7, 11) is 2.62. The molecule has 2 atom stereocenters. The fraction of sp³-hybridized carbons (Fsp3) is 0.478. The molecule has 3 rings (SSSR count). The number of nitrogens with one attached hydrogen (secondary N) is 1. The molecule has 1 amide bonds. The molecule has 3 N–H and O–H groups in total. The fourth-order valence-corrected chi connectivity index (χ4v) is 6.92. The van der Waals surface area contributed by atoms with Crippen LogP contribution in [0.2, 0.25) is 5.02 Å². The van der Waals surface area contributed by atoms with E-state index in [0.717, 1.165) is 18.4 Å². The number of benzene rings is 1. The predicted octanol–water partition coefficient (Wildman–Crippen LogP) is 3.59. The standard InChI is InChI=1S/C23H27ClN2O6S2/c1-13(27)25-18(23(31)32)12-33-34-19-8-9-26(11-15-4-2-3-5-17(15)24)21(16(19)10-20(28)29)22(30)14-6-7-14/h2-5,14,18-19H,6-12H2,1H3,(H,25,27)(H,28,29)(H,31,32)/t18-,19?/m0/s1. The van der Waals surface area contributed by atoms with E-state index in [1.807, 2.05) is 23.1 Å². The molecule has 1 heterocycles. The number of carboxylic acid groups (broad SMARTS) is 2. The van der Waals surface area contributed by atoms with Crippen LogP contribution in [0.3, 0.4) is 0 Å². The molecule has 0 spiro atoms. The van der Waals surface area contributed by atoms with Crippen molar-refractivity contribution >= 4 is 56.8 Å². The molecule has 1 aliphatic carbocycles. The van der Waals surface area contributed by atoms with E-state index in [0.29, 0.717) is 35.8 Å². The monoisotopic (exact) mass is 526 g/mol. The zero-order valence-electron chi connectivity index (χ0n) is 18.7. The number of amides is 1. The molecule has 0 saturated heterocycles. The van der Waals surface area contributed by atoms with E-state index in [1.165, 1.54) is 28.5 Å². The number of allylic oxidation sites excluding steroid dienone is 1. The van der Waals surface area contributed by atoms with E-state index in [-0.39, 0.29) is 29.1 Å². The third-order valence-electron chi connectivity index (χ3n) is 5.61. The van der Waals surface area contributed by atoms with Gasteiger partial charge in [-0.1, -0.05) is 51.4 Å². The van der Waals surface area contributed by atoms with Crippen LogP contribution in [0.4, 0.5) is 0 Å². The number of rotatable bonds is 12. The Hall–Kier alpha value is -2.17. The van der Waals surface area contributed by atoms with Gasteiger partial charge in [0.15, 0.2) is 5.78 Å². The molecule has 0 bridgehead atoms. The van der Waals surface area contributed by atoms with Crippen LogP contribution in [0.5, 0.6) is 0 Å². The second kappa shape index (κ2) is 12.0. The van der Waals surface area contributed by atoms with Gasteiger partial charge in [-0.3, -0.25) is 14.4 Å².